The minimum Gasteiger partial charge on any atom is -0.487 e. The molecule has 3 N–H and O–H groups in total. The molecule has 1 spiro atoms. The Labute approximate surface area is 270 Å². The fourth-order valence-electron chi connectivity index (χ4n) is 6.81. The van der Waals surface area contributed by atoms with Crippen LogP contribution in [0.3, 0.4) is 0 Å². The number of aryl methyl sites for hydroxylation is 1. The third-order valence-corrected chi connectivity index (χ3v) is 9.57. The van der Waals surface area contributed by atoms with E-state index in [0.717, 1.165) is 47.9 Å². The molecular weight excluding hydrogens is 572 g/mol. The van der Waals surface area contributed by atoms with Gasteiger partial charge >= 0.3 is 0 Å². The quantitative estimate of drug-likeness (QED) is 0.165. The molecule has 0 saturated heterocycles. The molecule has 7 nitrogen and oxygen atoms in total. The Hall–Kier alpha value is -4.59. The Balaban J connectivity index is 1.16. The van der Waals surface area contributed by atoms with Crippen LogP contribution >= 0.6 is 0 Å². The molecule has 7 rings (SSSR count). The third kappa shape index (κ3) is 6.26. The zero-order valence-corrected chi connectivity index (χ0v) is 26.2. The van der Waals surface area contributed by atoms with Gasteiger partial charge in [0.2, 0.25) is 0 Å². The van der Waals surface area contributed by atoms with Crippen molar-refractivity contribution in [3.8, 4) is 17.1 Å². The van der Waals surface area contributed by atoms with Crippen molar-refractivity contribution >= 4 is 16.8 Å². The number of ether oxygens (including phenoxy) is 1. The van der Waals surface area contributed by atoms with Crippen LogP contribution in [0.25, 0.3) is 22.3 Å². The molecule has 5 aromatic rings. The average molecular weight is 613 g/mol. The monoisotopic (exact) mass is 612 g/mol. The zero-order chi connectivity index (χ0) is 31.5. The van der Waals surface area contributed by atoms with Crippen molar-refractivity contribution in [1.82, 2.24) is 20.6 Å². The zero-order valence-electron chi connectivity index (χ0n) is 26.2. The average Bonchev–Trinajstić information content (AvgIpc) is 3.09. The molecule has 1 aliphatic carbocycles. The Morgan fingerprint density at radius 2 is 1.76 bits per heavy atom. The lowest BCUT2D eigenvalue weighted by Gasteiger charge is -2.48. The van der Waals surface area contributed by atoms with Gasteiger partial charge < -0.3 is 20.5 Å². The van der Waals surface area contributed by atoms with Crippen LogP contribution in [0, 0.1) is 0 Å². The van der Waals surface area contributed by atoms with Crippen molar-refractivity contribution < 1.29 is 14.6 Å². The van der Waals surface area contributed by atoms with Crippen molar-refractivity contribution in [1.29, 1.82) is 0 Å². The fourth-order valence-corrected chi connectivity index (χ4v) is 6.81. The number of aliphatic hydroxyl groups excluding tert-OH is 1. The number of carbonyl (C=O) groups excluding carboxylic acids is 1. The highest BCUT2D eigenvalue weighted by Crippen LogP contribution is 2.49. The van der Waals surface area contributed by atoms with Gasteiger partial charge in [0, 0.05) is 36.2 Å². The van der Waals surface area contributed by atoms with Gasteiger partial charge in [0.25, 0.3) is 5.91 Å². The van der Waals surface area contributed by atoms with Crippen LogP contribution in [0.4, 0.5) is 0 Å². The number of carbonyl (C=O) groups is 1. The van der Waals surface area contributed by atoms with Gasteiger partial charge in [-0.05, 0) is 73.6 Å². The van der Waals surface area contributed by atoms with E-state index in [-0.39, 0.29) is 17.6 Å². The first kappa shape index (κ1) is 30.1. The first-order chi connectivity index (χ1) is 22.5. The second-order valence-electron chi connectivity index (χ2n) is 12.7. The topological polar surface area (TPSA) is 96.4 Å². The van der Waals surface area contributed by atoms with Crippen molar-refractivity contribution in [2.24, 2.45) is 0 Å². The van der Waals surface area contributed by atoms with Crippen molar-refractivity contribution in [3.63, 3.8) is 0 Å². The molecule has 234 valence electrons. The van der Waals surface area contributed by atoms with Gasteiger partial charge in [-0.25, -0.2) is 4.98 Å². The Kier molecular flexibility index (Phi) is 8.52. The third-order valence-electron chi connectivity index (χ3n) is 9.57. The molecule has 1 aliphatic heterocycles. The molecule has 3 heterocycles. The van der Waals surface area contributed by atoms with Crippen molar-refractivity contribution in [3.05, 3.63) is 126 Å². The molecule has 1 amide bonds. The SMILES string of the molecule is CCc1ccc2c(c1)[C@@H](NC[C@@H](O)[C@H](Cc1ccccc1)NC(=O)c1cc(-c3ccccn3)nc3ccccc13)CC1(CCC1)O2. The predicted octanol–water partition coefficient (Wildman–Crippen LogP) is 6.60. The molecule has 1 saturated carbocycles. The molecule has 1 fully saturated rings. The van der Waals surface area contributed by atoms with Gasteiger partial charge in [0.15, 0.2) is 0 Å². The summed E-state index contributed by atoms with van der Waals surface area (Å²) in [6, 6.07) is 31.1. The van der Waals surface area contributed by atoms with Crippen LogP contribution in [0.1, 0.15) is 65.7 Å². The highest BCUT2D eigenvalue weighted by Gasteiger charge is 2.45. The van der Waals surface area contributed by atoms with Crippen LogP contribution < -0.4 is 15.4 Å². The number of aliphatic hydroxyl groups is 1. The number of para-hydroxylation sites is 1. The number of rotatable bonds is 10. The van der Waals surface area contributed by atoms with Crippen molar-refractivity contribution in [2.75, 3.05) is 6.54 Å². The maximum absolute atomic E-state index is 14.1. The molecule has 2 aliphatic rings. The van der Waals surface area contributed by atoms with E-state index in [1.54, 1.807) is 12.3 Å². The predicted molar refractivity (Wildman–Crippen MR) is 181 cm³/mol. The molecule has 0 unspecified atom stereocenters. The smallest absolute Gasteiger partial charge is 0.252 e. The summed E-state index contributed by atoms with van der Waals surface area (Å²) in [7, 11) is 0. The molecule has 0 bridgehead atoms. The van der Waals surface area contributed by atoms with Gasteiger partial charge in [-0.15, -0.1) is 0 Å². The number of fused-ring (bicyclic) bond motifs is 2. The highest BCUT2D eigenvalue weighted by molar-refractivity contribution is 6.07. The number of benzene rings is 3. The van der Waals surface area contributed by atoms with E-state index >= 15 is 0 Å². The molecule has 3 atom stereocenters. The van der Waals surface area contributed by atoms with Crippen LogP contribution in [0.5, 0.6) is 5.75 Å². The standard InChI is InChI=1S/C39H40N4O3/c1-2-26-16-17-37-30(21-26)35(24-39(46-37)18-10-19-39)41-25-36(44)34(22-27-11-4-3-5-12-27)43-38(45)29-23-33(32-15-8-9-20-40-32)42-31-14-7-6-13-28(29)31/h3-9,11-17,20-21,23,34-36,41,44H,2,10,18-19,22,24-25H2,1H3,(H,43,45)/t34-,35-,36+/m0/s1. The van der Waals surface area contributed by atoms with Gasteiger partial charge in [0.05, 0.1) is 34.6 Å². The fraction of sp³-hybridized carbons (Fsp3) is 0.308. The summed E-state index contributed by atoms with van der Waals surface area (Å²) in [5.74, 6) is 0.686. The van der Waals surface area contributed by atoms with Crippen LogP contribution in [-0.4, -0.2) is 45.3 Å². The maximum Gasteiger partial charge on any atom is 0.252 e. The van der Waals surface area contributed by atoms with E-state index < -0.39 is 12.1 Å². The second kappa shape index (κ2) is 13.0. The van der Waals surface area contributed by atoms with Gasteiger partial charge in [-0.3, -0.25) is 9.78 Å². The lowest BCUT2D eigenvalue weighted by atomic mass is 9.72. The van der Waals surface area contributed by atoms with Gasteiger partial charge in [0.1, 0.15) is 11.4 Å². The largest absolute Gasteiger partial charge is 0.487 e. The minimum absolute atomic E-state index is 0.0587. The molecule has 0 radical (unpaired) electrons. The summed E-state index contributed by atoms with van der Waals surface area (Å²) in [6.45, 7) is 2.48. The molecule has 7 heteroatoms. The first-order valence-electron chi connectivity index (χ1n) is 16.4. The number of amides is 1. The summed E-state index contributed by atoms with van der Waals surface area (Å²) in [5, 5.41) is 19.4. The Bertz CT molecular complexity index is 1820. The van der Waals surface area contributed by atoms with E-state index in [2.05, 4.69) is 40.7 Å². The molecular formula is C39H40N4O3. The lowest BCUT2D eigenvalue weighted by molar-refractivity contribution is -0.0382. The first-order valence-corrected chi connectivity index (χ1v) is 16.4. The lowest BCUT2D eigenvalue weighted by Crippen LogP contribution is -2.52. The molecule has 3 aromatic carbocycles. The summed E-state index contributed by atoms with van der Waals surface area (Å²) in [5.41, 5.74) is 5.86. The number of nitrogens with one attached hydrogen (secondary N) is 2. The summed E-state index contributed by atoms with van der Waals surface area (Å²) < 4.78 is 6.53. The minimum atomic E-state index is -0.842. The molecule has 46 heavy (non-hydrogen) atoms. The van der Waals surface area contributed by atoms with E-state index in [1.165, 1.54) is 12.0 Å². The normalized spacial score (nSPS) is 17.8. The number of hydrogen-bond acceptors (Lipinski definition) is 6. The van der Waals surface area contributed by atoms with Crippen molar-refractivity contribution in [2.45, 2.75) is 69.2 Å². The van der Waals surface area contributed by atoms with Crippen LogP contribution in [-0.2, 0) is 12.8 Å². The Morgan fingerprint density at radius 3 is 2.52 bits per heavy atom. The van der Waals surface area contributed by atoms with Gasteiger partial charge in [-0.1, -0.05) is 73.7 Å². The van der Waals surface area contributed by atoms with Crippen LogP contribution in [0.15, 0.2) is 103 Å². The second-order valence-corrected chi connectivity index (χ2v) is 12.7. The highest BCUT2D eigenvalue weighted by atomic mass is 16.5. The molecule has 2 aromatic heterocycles. The summed E-state index contributed by atoms with van der Waals surface area (Å²) in [4.78, 5) is 23.4. The van der Waals surface area contributed by atoms with Gasteiger partial charge in [-0.2, -0.15) is 0 Å². The van der Waals surface area contributed by atoms with Crippen LogP contribution in [0.2, 0.25) is 0 Å². The summed E-state index contributed by atoms with van der Waals surface area (Å²) in [6.07, 6.45) is 6.46. The Morgan fingerprint density at radius 1 is 0.957 bits per heavy atom. The van der Waals surface area contributed by atoms with E-state index in [9.17, 15) is 9.90 Å². The van der Waals surface area contributed by atoms with E-state index in [4.69, 9.17) is 9.72 Å². The van der Waals surface area contributed by atoms with E-state index in [0.29, 0.717) is 35.4 Å². The maximum atomic E-state index is 14.1. The van der Waals surface area contributed by atoms with E-state index in [1.807, 2.05) is 72.8 Å². The summed E-state index contributed by atoms with van der Waals surface area (Å²) >= 11 is 0. The number of nitrogens with zero attached hydrogens (tertiary/aromatic N) is 2. The number of aromatic nitrogens is 2. The number of hydrogen-bond donors (Lipinski definition) is 3. The number of pyridine rings is 2.